The van der Waals surface area contributed by atoms with Crippen LogP contribution in [0.5, 0.6) is 0 Å². The van der Waals surface area contributed by atoms with Crippen LogP contribution in [-0.2, 0) is 17.8 Å². The highest BCUT2D eigenvalue weighted by atomic mass is 16.5. The van der Waals surface area contributed by atoms with Gasteiger partial charge in [0, 0.05) is 43.7 Å². The second-order valence-corrected chi connectivity index (χ2v) is 6.70. The number of hydrogen-bond acceptors (Lipinski definition) is 6. The van der Waals surface area contributed by atoms with Crippen LogP contribution in [0, 0.1) is 0 Å². The van der Waals surface area contributed by atoms with E-state index in [0.717, 1.165) is 24.5 Å². The molecule has 8 nitrogen and oxygen atoms in total. The van der Waals surface area contributed by atoms with Crippen LogP contribution in [-0.4, -0.2) is 41.8 Å². The highest BCUT2D eigenvalue weighted by Crippen LogP contribution is 2.18. The maximum absolute atomic E-state index is 12.5. The molecule has 29 heavy (non-hydrogen) atoms. The van der Waals surface area contributed by atoms with E-state index >= 15 is 0 Å². The minimum atomic E-state index is -0.312. The molecule has 8 heteroatoms. The molecule has 0 radical (unpaired) electrons. The van der Waals surface area contributed by atoms with E-state index in [9.17, 15) is 9.59 Å². The first kappa shape index (κ1) is 18.9. The summed E-state index contributed by atoms with van der Waals surface area (Å²) in [7, 11) is 0. The number of carbonyl (C=O) groups excluding carboxylic acids is 1. The SMILES string of the molecule is O=C(NCc1cccnc1N1CCOCC1)c1ccc(Cn2ccccc2=O)o1. The summed E-state index contributed by atoms with van der Waals surface area (Å²) in [6.45, 7) is 3.51. The Morgan fingerprint density at radius 3 is 2.79 bits per heavy atom. The van der Waals surface area contributed by atoms with Gasteiger partial charge in [0.2, 0.25) is 0 Å². The molecular formula is C21H22N4O4. The van der Waals surface area contributed by atoms with Crippen molar-refractivity contribution in [2.75, 3.05) is 31.2 Å². The van der Waals surface area contributed by atoms with Crippen molar-refractivity contribution in [3.05, 3.63) is 82.3 Å². The van der Waals surface area contributed by atoms with Crippen molar-refractivity contribution < 1.29 is 13.9 Å². The van der Waals surface area contributed by atoms with Gasteiger partial charge >= 0.3 is 0 Å². The van der Waals surface area contributed by atoms with Gasteiger partial charge in [-0.3, -0.25) is 9.59 Å². The quantitative estimate of drug-likeness (QED) is 0.684. The molecule has 4 heterocycles. The normalized spacial score (nSPS) is 14.0. The van der Waals surface area contributed by atoms with Crippen molar-refractivity contribution in [1.29, 1.82) is 0 Å². The van der Waals surface area contributed by atoms with Gasteiger partial charge in [-0.05, 0) is 24.3 Å². The first-order valence-corrected chi connectivity index (χ1v) is 9.50. The largest absolute Gasteiger partial charge is 0.454 e. The van der Waals surface area contributed by atoms with Crippen LogP contribution in [0.3, 0.4) is 0 Å². The molecule has 0 spiro atoms. The fraction of sp³-hybridized carbons (Fsp3) is 0.286. The molecule has 3 aromatic heterocycles. The zero-order valence-electron chi connectivity index (χ0n) is 15.9. The zero-order valence-corrected chi connectivity index (χ0v) is 15.9. The predicted octanol–water partition coefficient (Wildman–Crippen LogP) is 1.65. The number of pyridine rings is 2. The third kappa shape index (κ3) is 4.55. The van der Waals surface area contributed by atoms with Crippen molar-refractivity contribution in [3.8, 4) is 0 Å². The Morgan fingerprint density at radius 1 is 1.10 bits per heavy atom. The third-order valence-corrected chi connectivity index (χ3v) is 4.73. The Kier molecular flexibility index (Phi) is 5.71. The molecule has 0 aliphatic carbocycles. The average molecular weight is 394 g/mol. The van der Waals surface area contributed by atoms with Crippen molar-refractivity contribution in [3.63, 3.8) is 0 Å². The summed E-state index contributed by atoms with van der Waals surface area (Å²) < 4.78 is 12.5. The number of rotatable bonds is 6. The lowest BCUT2D eigenvalue weighted by atomic mass is 10.2. The van der Waals surface area contributed by atoms with Gasteiger partial charge in [-0.15, -0.1) is 0 Å². The minimum absolute atomic E-state index is 0.123. The Hall–Kier alpha value is -3.39. The van der Waals surface area contributed by atoms with E-state index in [0.29, 0.717) is 25.5 Å². The summed E-state index contributed by atoms with van der Waals surface area (Å²) in [5.74, 6) is 1.30. The van der Waals surface area contributed by atoms with E-state index in [1.807, 2.05) is 12.1 Å². The van der Waals surface area contributed by atoms with Crippen LogP contribution in [0.4, 0.5) is 5.82 Å². The van der Waals surface area contributed by atoms with Gasteiger partial charge in [0.15, 0.2) is 5.76 Å². The van der Waals surface area contributed by atoms with E-state index in [1.165, 1.54) is 10.6 Å². The number of morpholine rings is 1. The maximum atomic E-state index is 12.5. The molecule has 1 saturated heterocycles. The molecule has 0 atom stereocenters. The molecule has 0 bridgehead atoms. The second-order valence-electron chi connectivity index (χ2n) is 6.70. The Morgan fingerprint density at radius 2 is 1.97 bits per heavy atom. The van der Waals surface area contributed by atoms with Crippen LogP contribution in [0.25, 0.3) is 0 Å². The number of ether oxygens (including phenoxy) is 1. The number of hydrogen-bond donors (Lipinski definition) is 1. The predicted molar refractivity (Wildman–Crippen MR) is 107 cm³/mol. The highest BCUT2D eigenvalue weighted by molar-refractivity contribution is 5.91. The fourth-order valence-corrected chi connectivity index (χ4v) is 3.23. The molecule has 1 fully saturated rings. The van der Waals surface area contributed by atoms with Gasteiger partial charge in [-0.2, -0.15) is 0 Å². The standard InChI is InChI=1S/C21H22N4O4/c26-19-5-1-2-9-25(19)15-17-6-7-18(29-17)21(27)23-14-16-4-3-8-22-20(16)24-10-12-28-13-11-24/h1-9H,10-15H2,(H,23,27). The zero-order chi connectivity index (χ0) is 20.1. The van der Waals surface area contributed by atoms with Crippen LogP contribution in [0.1, 0.15) is 21.9 Å². The summed E-state index contributed by atoms with van der Waals surface area (Å²) >= 11 is 0. The number of aromatic nitrogens is 2. The Bertz CT molecular complexity index is 1040. The number of carbonyl (C=O) groups is 1. The summed E-state index contributed by atoms with van der Waals surface area (Å²) in [6.07, 6.45) is 3.43. The Balaban J connectivity index is 1.40. The Labute approximate surface area is 167 Å². The molecule has 0 saturated carbocycles. The lowest BCUT2D eigenvalue weighted by Gasteiger charge is -2.29. The molecular weight excluding hydrogens is 372 g/mol. The topological polar surface area (TPSA) is 89.6 Å². The number of furan rings is 1. The van der Waals surface area contributed by atoms with Crippen LogP contribution < -0.4 is 15.8 Å². The fourth-order valence-electron chi connectivity index (χ4n) is 3.23. The van der Waals surface area contributed by atoms with Gasteiger partial charge in [0.1, 0.15) is 11.6 Å². The average Bonchev–Trinajstić information content (AvgIpc) is 3.23. The number of nitrogens with one attached hydrogen (secondary N) is 1. The van der Waals surface area contributed by atoms with E-state index in [-0.39, 0.29) is 23.8 Å². The van der Waals surface area contributed by atoms with E-state index in [2.05, 4.69) is 15.2 Å². The molecule has 1 aliphatic heterocycles. The highest BCUT2D eigenvalue weighted by Gasteiger charge is 2.17. The van der Waals surface area contributed by atoms with E-state index < -0.39 is 0 Å². The number of anilines is 1. The van der Waals surface area contributed by atoms with Gasteiger partial charge < -0.3 is 23.9 Å². The van der Waals surface area contributed by atoms with Gasteiger partial charge in [-0.25, -0.2) is 4.98 Å². The summed E-state index contributed by atoms with van der Waals surface area (Å²) in [4.78, 5) is 31.0. The molecule has 150 valence electrons. The molecule has 0 aromatic carbocycles. The van der Waals surface area contributed by atoms with E-state index in [4.69, 9.17) is 9.15 Å². The van der Waals surface area contributed by atoms with Crippen LogP contribution >= 0.6 is 0 Å². The molecule has 3 aromatic rings. The third-order valence-electron chi connectivity index (χ3n) is 4.73. The lowest BCUT2D eigenvalue weighted by molar-refractivity contribution is 0.0921. The summed E-state index contributed by atoms with van der Waals surface area (Å²) in [6, 6.07) is 12.1. The lowest BCUT2D eigenvalue weighted by Crippen LogP contribution is -2.37. The first-order valence-electron chi connectivity index (χ1n) is 9.50. The smallest absolute Gasteiger partial charge is 0.287 e. The van der Waals surface area contributed by atoms with Crippen LogP contribution in [0.15, 0.2) is 64.1 Å². The molecule has 4 rings (SSSR count). The first-order chi connectivity index (χ1) is 14.2. The minimum Gasteiger partial charge on any atom is -0.454 e. The van der Waals surface area contributed by atoms with Crippen molar-refractivity contribution in [2.45, 2.75) is 13.1 Å². The van der Waals surface area contributed by atoms with Crippen LogP contribution in [0.2, 0.25) is 0 Å². The van der Waals surface area contributed by atoms with Crippen molar-refractivity contribution >= 4 is 11.7 Å². The summed E-state index contributed by atoms with van der Waals surface area (Å²) in [5, 5.41) is 2.88. The molecule has 0 unspecified atom stereocenters. The van der Waals surface area contributed by atoms with Gasteiger partial charge in [-0.1, -0.05) is 12.1 Å². The van der Waals surface area contributed by atoms with Crippen molar-refractivity contribution in [1.82, 2.24) is 14.9 Å². The molecule has 1 aliphatic rings. The second kappa shape index (κ2) is 8.74. The number of nitrogens with zero attached hydrogens (tertiary/aromatic N) is 3. The van der Waals surface area contributed by atoms with Crippen molar-refractivity contribution in [2.24, 2.45) is 0 Å². The molecule has 1 N–H and O–H groups in total. The summed E-state index contributed by atoms with van der Waals surface area (Å²) in [5.41, 5.74) is 0.812. The monoisotopic (exact) mass is 394 g/mol. The molecule has 1 amide bonds. The van der Waals surface area contributed by atoms with E-state index in [1.54, 1.807) is 36.7 Å². The van der Waals surface area contributed by atoms with Gasteiger partial charge in [0.25, 0.3) is 11.5 Å². The number of amides is 1. The maximum Gasteiger partial charge on any atom is 0.287 e. The van der Waals surface area contributed by atoms with Gasteiger partial charge in [0.05, 0.1) is 19.8 Å².